The fourth-order valence-corrected chi connectivity index (χ4v) is 2.72. The maximum absolute atomic E-state index is 12.6. The standard InChI is InChI=1S/C21H17ClO3/c1-15(17-11-5-7-13-19(17)22)24-21(23)18-12-6-8-14-20(18)25-16-9-3-2-4-10-16/h2-15H,1H3/t15-/m0/s1. The maximum Gasteiger partial charge on any atom is 0.342 e. The van der Waals surface area contributed by atoms with Crippen LogP contribution in [0.25, 0.3) is 0 Å². The minimum atomic E-state index is -0.467. The van der Waals surface area contributed by atoms with Gasteiger partial charge in [0, 0.05) is 10.6 Å². The fourth-order valence-electron chi connectivity index (χ4n) is 2.43. The first kappa shape index (κ1) is 17.1. The zero-order valence-electron chi connectivity index (χ0n) is 13.7. The maximum atomic E-state index is 12.6. The van der Waals surface area contributed by atoms with E-state index in [-0.39, 0.29) is 0 Å². The lowest BCUT2D eigenvalue weighted by molar-refractivity contribution is 0.0335. The fraction of sp³-hybridized carbons (Fsp3) is 0.0952. The van der Waals surface area contributed by atoms with Crippen molar-refractivity contribution in [3.8, 4) is 11.5 Å². The molecule has 1 atom stereocenters. The van der Waals surface area contributed by atoms with E-state index in [0.29, 0.717) is 22.1 Å². The molecule has 3 rings (SSSR count). The average Bonchev–Trinajstić information content (AvgIpc) is 2.63. The van der Waals surface area contributed by atoms with Gasteiger partial charge in [-0.05, 0) is 37.3 Å². The van der Waals surface area contributed by atoms with Crippen molar-refractivity contribution < 1.29 is 14.3 Å². The summed E-state index contributed by atoms with van der Waals surface area (Å²) in [5.74, 6) is 0.644. The topological polar surface area (TPSA) is 35.5 Å². The minimum Gasteiger partial charge on any atom is -0.456 e. The summed E-state index contributed by atoms with van der Waals surface area (Å²) in [6.07, 6.45) is -0.467. The van der Waals surface area contributed by atoms with Crippen LogP contribution in [0.4, 0.5) is 0 Å². The van der Waals surface area contributed by atoms with Gasteiger partial charge < -0.3 is 9.47 Å². The van der Waals surface area contributed by atoms with Crippen molar-refractivity contribution in [2.75, 3.05) is 0 Å². The number of hydrogen-bond acceptors (Lipinski definition) is 3. The Bertz CT molecular complexity index is 862. The largest absolute Gasteiger partial charge is 0.456 e. The summed E-state index contributed by atoms with van der Waals surface area (Å²) in [5.41, 5.74) is 1.13. The smallest absolute Gasteiger partial charge is 0.342 e. The highest BCUT2D eigenvalue weighted by atomic mass is 35.5. The van der Waals surface area contributed by atoms with Crippen LogP contribution in [0, 0.1) is 0 Å². The molecule has 3 aromatic carbocycles. The molecule has 126 valence electrons. The molecule has 0 N–H and O–H groups in total. The Morgan fingerprint density at radius 3 is 2.28 bits per heavy atom. The number of carbonyl (C=O) groups is 1. The number of halogens is 1. The number of carbonyl (C=O) groups excluding carboxylic acids is 1. The SMILES string of the molecule is C[C@H](OC(=O)c1ccccc1Oc1ccccc1)c1ccccc1Cl. The van der Waals surface area contributed by atoms with Crippen molar-refractivity contribution in [2.24, 2.45) is 0 Å². The van der Waals surface area contributed by atoms with E-state index in [4.69, 9.17) is 21.1 Å². The molecule has 0 fully saturated rings. The molecule has 0 unspecified atom stereocenters. The van der Waals surface area contributed by atoms with E-state index in [0.717, 1.165) is 5.56 Å². The van der Waals surface area contributed by atoms with E-state index >= 15 is 0 Å². The molecule has 0 aliphatic carbocycles. The van der Waals surface area contributed by atoms with Crippen molar-refractivity contribution in [3.05, 3.63) is 95.0 Å². The number of para-hydroxylation sites is 2. The normalized spacial score (nSPS) is 11.6. The Morgan fingerprint density at radius 1 is 0.880 bits per heavy atom. The number of rotatable bonds is 5. The van der Waals surface area contributed by atoms with Gasteiger partial charge in [-0.15, -0.1) is 0 Å². The third-order valence-electron chi connectivity index (χ3n) is 3.70. The highest BCUT2D eigenvalue weighted by Crippen LogP contribution is 2.29. The Morgan fingerprint density at radius 2 is 1.52 bits per heavy atom. The van der Waals surface area contributed by atoms with Crippen LogP contribution in [0.15, 0.2) is 78.9 Å². The molecule has 0 radical (unpaired) electrons. The van der Waals surface area contributed by atoms with Crippen LogP contribution >= 0.6 is 11.6 Å². The highest BCUT2D eigenvalue weighted by molar-refractivity contribution is 6.31. The predicted octanol–water partition coefficient (Wildman–Crippen LogP) is 6.05. The first-order chi connectivity index (χ1) is 12.1. The van der Waals surface area contributed by atoms with Crippen LogP contribution in [0.1, 0.15) is 28.9 Å². The zero-order chi connectivity index (χ0) is 17.6. The summed E-state index contributed by atoms with van der Waals surface area (Å²) < 4.78 is 11.4. The van der Waals surface area contributed by atoms with Crippen molar-refractivity contribution in [2.45, 2.75) is 13.0 Å². The number of benzene rings is 3. The van der Waals surface area contributed by atoms with Gasteiger partial charge in [-0.25, -0.2) is 4.79 Å². The van der Waals surface area contributed by atoms with Gasteiger partial charge in [0.15, 0.2) is 0 Å². The molecule has 0 saturated carbocycles. The summed E-state index contributed by atoms with van der Waals surface area (Å²) in [6, 6.07) is 23.6. The number of esters is 1. The Balaban J connectivity index is 1.80. The molecule has 3 nitrogen and oxygen atoms in total. The molecule has 0 aromatic heterocycles. The quantitative estimate of drug-likeness (QED) is 0.524. The highest BCUT2D eigenvalue weighted by Gasteiger charge is 2.19. The summed E-state index contributed by atoms with van der Waals surface area (Å²) >= 11 is 6.17. The summed E-state index contributed by atoms with van der Waals surface area (Å²) in [4.78, 5) is 12.6. The van der Waals surface area contributed by atoms with E-state index in [9.17, 15) is 4.79 Å². The van der Waals surface area contributed by atoms with Crippen molar-refractivity contribution >= 4 is 17.6 Å². The van der Waals surface area contributed by atoms with Gasteiger partial charge >= 0.3 is 5.97 Å². The molecular weight excluding hydrogens is 336 g/mol. The Kier molecular flexibility index (Phi) is 5.36. The van der Waals surface area contributed by atoms with Crippen molar-refractivity contribution in [1.29, 1.82) is 0 Å². The van der Waals surface area contributed by atoms with Crippen LogP contribution in [0.5, 0.6) is 11.5 Å². The second-order valence-electron chi connectivity index (χ2n) is 5.48. The molecule has 0 aliphatic rings. The minimum absolute atomic E-state index is 0.366. The second kappa shape index (κ2) is 7.86. The lowest BCUT2D eigenvalue weighted by Crippen LogP contribution is -2.10. The van der Waals surface area contributed by atoms with Gasteiger partial charge in [0.1, 0.15) is 23.2 Å². The average molecular weight is 353 g/mol. The van der Waals surface area contributed by atoms with Gasteiger partial charge in [-0.2, -0.15) is 0 Å². The van der Waals surface area contributed by atoms with Crippen LogP contribution in [-0.4, -0.2) is 5.97 Å². The molecule has 0 spiro atoms. The van der Waals surface area contributed by atoms with E-state index in [1.165, 1.54) is 0 Å². The van der Waals surface area contributed by atoms with E-state index in [2.05, 4.69) is 0 Å². The van der Waals surface area contributed by atoms with Crippen LogP contribution in [0.2, 0.25) is 5.02 Å². The molecule has 0 saturated heterocycles. The van der Waals surface area contributed by atoms with Crippen LogP contribution in [0.3, 0.4) is 0 Å². The molecule has 25 heavy (non-hydrogen) atoms. The monoisotopic (exact) mass is 352 g/mol. The Hall–Kier alpha value is -2.78. The van der Waals surface area contributed by atoms with Crippen molar-refractivity contribution in [3.63, 3.8) is 0 Å². The van der Waals surface area contributed by atoms with Gasteiger partial charge in [0.05, 0.1) is 0 Å². The molecule has 4 heteroatoms. The molecule has 0 aliphatic heterocycles. The van der Waals surface area contributed by atoms with E-state index in [1.807, 2.05) is 54.6 Å². The van der Waals surface area contributed by atoms with Gasteiger partial charge in [-0.1, -0.05) is 60.1 Å². The van der Waals surface area contributed by atoms with Crippen molar-refractivity contribution in [1.82, 2.24) is 0 Å². The number of hydrogen-bond donors (Lipinski definition) is 0. The van der Waals surface area contributed by atoms with E-state index < -0.39 is 12.1 Å². The lowest BCUT2D eigenvalue weighted by Gasteiger charge is -2.16. The summed E-state index contributed by atoms with van der Waals surface area (Å²) in [7, 11) is 0. The van der Waals surface area contributed by atoms with Crippen LogP contribution < -0.4 is 4.74 Å². The molecule has 3 aromatic rings. The first-order valence-electron chi connectivity index (χ1n) is 7.92. The second-order valence-corrected chi connectivity index (χ2v) is 5.89. The van der Waals surface area contributed by atoms with E-state index in [1.54, 1.807) is 31.2 Å². The molecular formula is C21H17ClO3. The van der Waals surface area contributed by atoms with Crippen LogP contribution in [-0.2, 0) is 4.74 Å². The molecule has 0 heterocycles. The lowest BCUT2D eigenvalue weighted by atomic mass is 10.1. The number of ether oxygens (including phenoxy) is 2. The summed E-state index contributed by atoms with van der Waals surface area (Å²) in [5, 5.41) is 0.566. The zero-order valence-corrected chi connectivity index (χ0v) is 14.4. The third-order valence-corrected chi connectivity index (χ3v) is 4.05. The Labute approximate surface area is 151 Å². The van der Waals surface area contributed by atoms with Gasteiger partial charge in [0.2, 0.25) is 0 Å². The summed E-state index contributed by atoms with van der Waals surface area (Å²) in [6.45, 7) is 1.79. The molecule has 0 amide bonds. The predicted molar refractivity (Wildman–Crippen MR) is 98.2 cm³/mol. The first-order valence-corrected chi connectivity index (χ1v) is 8.30. The van der Waals surface area contributed by atoms with Gasteiger partial charge in [-0.3, -0.25) is 0 Å². The molecule has 0 bridgehead atoms. The third kappa shape index (κ3) is 4.20. The van der Waals surface area contributed by atoms with Gasteiger partial charge in [0.25, 0.3) is 0 Å².